The number of aryl methyl sites for hydroxylation is 2. The molecule has 0 atom stereocenters. The van der Waals surface area contributed by atoms with E-state index < -0.39 is 11.9 Å². The minimum Gasteiger partial charge on any atom is -0.351 e. The molecule has 0 aliphatic heterocycles. The van der Waals surface area contributed by atoms with E-state index in [0.717, 1.165) is 5.56 Å². The van der Waals surface area contributed by atoms with Crippen molar-refractivity contribution in [3.63, 3.8) is 0 Å². The van der Waals surface area contributed by atoms with Crippen LogP contribution in [0.25, 0.3) is 10.9 Å². The predicted octanol–water partition coefficient (Wildman–Crippen LogP) is 3.80. The molecule has 1 aromatic carbocycles. The zero-order valence-corrected chi connectivity index (χ0v) is 8.37. The van der Waals surface area contributed by atoms with E-state index in [0.29, 0.717) is 10.9 Å². The van der Waals surface area contributed by atoms with E-state index in [1.807, 2.05) is 13.0 Å². The summed E-state index contributed by atoms with van der Waals surface area (Å²) in [7, 11) is 0. The van der Waals surface area contributed by atoms with Crippen LogP contribution in [0.5, 0.6) is 0 Å². The fourth-order valence-corrected chi connectivity index (χ4v) is 1.91. The summed E-state index contributed by atoms with van der Waals surface area (Å²) in [5, 5.41) is 0.671. The van der Waals surface area contributed by atoms with Crippen molar-refractivity contribution in [2.24, 2.45) is 0 Å². The topological polar surface area (TPSA) is 15.8 Å². The SMILES string of the molecule is Cc1cccc2[nH]c(C(F)(F)F)c(C)c12. The van der Waals surface area contributed by atoms with Crippen LogP contribution in [0.1, 0.15) is 16.8 Å². The second kappa shape index (κ2) is 3.02. The van der Waals surface area contributed by atoms with E-state index in [9.17, 15) is 13.2 Å². The third-order valence-corrected chi connectivity index (χ3v) is 2.57. The molecule has 4 heteroatoms. The number of benzene rings is 1. The minimum atomic E-state index is -4.31. The van der Waals surface area contributed by atoms with Crippen molar-refractivity contribution in [2.75, 3.05) is 0 Å². The van der Waals surface area contributed by atoms with Gasteiger partial charge in [-0.05, 0) is 31.0 Å². The van der Waals surface area contributed by atoms with Crippen LogP contribution in [0.2, 0.25) is 0 Å². The lowest BCUT2D eigenvalue weighted by Crippen LogP contribution is -2.06. The summed E-state index contributed by atoms with van der Waals surface area (Å²) in [6, 6.07) is 5.21. The van der Waals surface area contributed by atoms with Gasteiger partial charge in [0, 0.05) is 10.9 Å². The summed E-state index contributed by atoms with van der Waals surface area (Å²) in [6.07, 6.45) is -4.31. The number of rotatable bonds is 0. The van der Waals surface area contributed by atoms with Gasteiger partial charge >= 0.3 is 6.18 Å². The van der Waals surface area contributed by atoms with Gasteiger partial charge in [0.05, 0.1) is 0 Å². The number of aromatic nitrogens is 1. The first-order valence-electron chi connectivity index (χ1n) is 4.56. The third-order valence-electron chi connectivity index (χ3n) is 2.57. The maximum Gasteiger partial charge on any atom is 0.431 e. The molecule has 15 heavy (non-hydrogen) atoms. The smallest absolute Gasteiger partial charge is 0.351 e. The van der Waals surface area contributed by atoms with Crippen LogP contribution in [0.4, 0.5) is 13.2 Å². The molecule has 0 saturated carbocycles. The van der Waals surface area contributed by atoms with E-state index in [1.54, 1.807) is 12.1 Å². The van der Waals surface area contributed by atoms with E-state index >= 15 is 0 Å². The van der Waals surface area contributed by atoms with Crippen molar-refractivity contribution < 1.29 is 13.2 Å². The van der Waals surface area contributed by atoms with Crippen LogP contribution in [0, 0.1) is 13.8 Å². The van der Waals surface area contributed by atoms with Gasteiger partial charge < -0.3 is 4.98 Å². The minimum absolute atomic E-state index is 0.274. The van der Waals surface area contributed by atoms with Gasteiger partial charge in [0.1, 0.15) is 5.69 Å². The molecule has 0 radical (unpaired) electrons. The number of aromatic amines is 1. The molecule has 0 aliphatic rings. The zero-order chi connectivity index (χ0) is 11.2. The second-order valence-electron chi connectivity index (χ2n) is 3.62. The van der Waals surface area contributed by atoms with Gasteiger partial charge in [0.2, 0.25) is 0 Å². The van der Waals surface area contributed by atoms with Crippen LogP contribution < -0.4 is 0 Å². The first-order valence-corrected chi connectivity index (χ1v) is 4.56. The summed E-state index contributed by atoms with van der Waals surface area (Å²) in [5.74, 6) is 0. The number of halogens is 3. The molecule has 0 fully saturated rings. The molecule has 1 N–H and O–H groups in total. The van der Waals surface area contributed by atoms with Crippen LogP contribution >= 0.6 is 0 Å². The molecule has 0 spiro atoms. The number of hydrogen-bond acceptors (Lipinski definition) is 0. The monoisotopic (exact) mass is 213 g/mol. The fourth-order valence-electron chi connectivity index (χ4n) is 1.91. The van der Waals surface area contributed by atoms with Gasteiger partial charge in [-0.3, -0.25) is 0 Å². The largest absolute Gasteiger partial charge is 0.431 e. The molecule has 2 rings (SSSR count). The van der Waals surface area contributed by atoms with E-state index in [4.69, 9.17) is 0 Å². The van der Waals surface area contributed by atoms with Gasteiger partial charge in [-0.25, -0.2) is 0 Å². The quantitative estimate of drug-likeness (QED) is 0.685. The van der Waals surface area contributed by atoms with Crippen molar-refractivity contribution >= 4 is 10.9 Å². The number of H-pyrrole nitrogens is 1. The highest BCUT2D eigenvalue weighted by molar-refractivity contribution is 5.87. The van der Waals surface area contributed by atoms with Gasteiger partial charge in [0.15, 0.2) is 0 Å². The lowest BCUT2D eigenvalue weighted by Gasteiger charge is -2.04. The second-order valence-corrected chi connectivity index (χ2v) is 3.62. The molecule has 0 unspecified atom stereocenters. The lowest BCUT2D eigenvalue weighted by molar-refractivity contribution is -0.141. The lowest BCUT2D eigenvalue weighted by atomic mass is 10.1. The van der Waals surface area contributed by atoms with Gasteiger partial charge in [-0.2, -0.15) is 13.2 Å². The van der Waals surface area contributed by atoms with Crippen molar-refractivity contribution in [3.8, 4) is 0 Å². The Labute approximate surface area is 84.9 Å². The summed E-state index contributed by atoms with van der Waals surface area (Å²) in [5.41, 5.74) is 1.03. The number of alkyl halides is 3. The molecule has 0 amide bonds. The van der Waals surface area contributed by atoms with Crippen LogP contribution in [-0.2, 0) is 6.18 Å². The number of fused-ring (bicyclic) bond motifs is 1. The Morgan fingerprint density at radius 1 is 1.13 bits per heavy atom. The molecule has 2 aromatic rings. The Hall–Kier alpha value is -1.45. The van der Waals surface area contributed by atoms with E-state index in [-0.39, 0.29) is 5.56 Å². The fraction of sp³-hybridized carbons (Fsp3) is 0.273. The van der Waals surface area contributed by atoms with Crippen LogP contribution in [0.15, 0.2) is 18.2 Å². The van der Waals surface area contributed by atoms with Crippen molar-refractivity contribution in [2.45, 2.75) is 20.0 Å². The first kappa shape index (κ1) is 10.1. The zero-order valence-electron chi connectivity index (χ0n) is 8.37. The maximum atomic E-state index is 12.6. The molecular formula is C11H10F3N. The first-order chi connectivity index (χ1) is 6.91. The normalized spacial score (nSPS) is 12.3. The average Bonchev–Trinajstić information content (AvgIpc) is 2.44. The van der Waals surface area contributed by atoms with Crippen molar-refractivity contribution in [1.82, 2.24) is 4.98 Å². The van der Waals surface area contributed by atoms with Gasteiger partial charge in [-0.1, -0.05) is 12.1 Å². The molecule has 1 heterocycles. The summed E-state index contributed by atoms with van der Waals surface area (Å²) in [6.45, 7) is 3.30. The van der Waals surface area contributed by atoms with Gasteiger partial charge in [-0.15, -0.1) is 0 Å². The average molecular weight is 213 g/mol. The number of nitrogens with one attached hydrogen (secondary N) is 1. The maximum absolute atomic E-state index is 12.6. The molecule has 80 valence electrons. The third kappa shape index (κ3) is 1.50. The van der Waals surface area contributed by atoms with Gasteiger partial charge in [0.25, 0.3) is 0 Å². The highest BCUT2D eigenvalue weighted by atomic mass is 19.4. The molecule has 0 saturated heterocycles. The molecule has 1 nitrogen and oxygen atoms in total. The number of hydrogen-bond donors (Lipinski definition) is 1. The molecule has 1 aromatic heterocycles. The highest BCUT2D eigenvalue weighted by Gasteiger charge is 2.35. The summed E-state index contributed by atoms with van der Waals surface area (Å²) >= 11 is 0. The summed E-state index contributed by atoms with van der Waals surface area (Å²) < 4.78 is 37.8. The van der Waals surface area contributed by atoms with Crippen LogP contribution in [-0.4, -0.2) is 4.98 Å². The van der Waals surface area contributed by atoms with E-state index in [2.05, 4.69) is 4.98 Å². The Bertz CT molecular complexity index is 508. The summed E-state index contributed by atoms with van der Waals surface area (Å²) in [4.78, 5) is 2.42. The standard InChI is InChI=1S/C11H10F3N/c1-6-4-3-5-8-9(6)7(2)10(15-8)11(12,13)14/h3-5,15H,1-2H3. The molecule has 0 aliphatic carbocycles. The Morgan fingerprint density at radius 2 is 1.80 bits per heavy atom. The predicted molar refractivity (Wildman–Crippen MR) is 52.8 cm³/mol. The van der Waals surface area contributed by atoms with Crippen molar-refractivity contribution in [3.05, 3.63) is 35.0 Å². The Morgan fingerprint density at radius 3 is 2.33 bits per heavy atom. The van der Waals surface area contributed by atoms with E-state index in [1.165, 1.54) is 6.92 Å². The molecular weight excluding hydrogens is 203 g/mol. The van der Waals surface area contributed by atoms with Crippen LogP contribution in [0.3, 0.4) is 0 Å². The Kier molecular flexibility index (Phi) is 2.03. The highest BCUT2D eigenvalue weighted by Crippen LogP contribution is 2.35. The Balaban J connectivity index is 2.82. The molecule has 0 bridgehead atoms. The van der Waals surface area contributed by atoms with Crippen molar-refractivity contribution in [1.29, 1.82) is 0 Å².